The van der Waals surface area contributed by atoms with Gasteiger partial charge in [0.2, 0.25) is 11.8 Å². The maximum absolute atomic E-state index is 12.2. The van der Waals surface area contributed by atoms with E-state index < -0.39 is 63.7 Å². The SMILES string of the molecule is CC(C)(C(=O)NC(=O)CC(=N)C1CCCO1)S(=O)(=O)CCCC(F)(F)F. The van der Waals surface area contributed by atoms with E-state index in [1.807, 2.05) is 5.32 Å². The first-order valence-corrected chi connectivity index (χ1v) is 9.74. The number of imide groups is 1. The highest BCUT2D eigenvalue weighted by atomic mass is 32.2. The van der Waals surface area contributed by atoms with Crippen molar-refractivity contribution in [2.45, 2.75) is 63.0 Å². The average molecular weight is 400 g/mol. The highest BCUT2D eigenvalue weighted by molar-refractivity contribution is 7.93. The van der Waals surface area contributed by atoms with Crippen LogP contribution in [0.1, 0.15) is 46.0 Å². The summed E-state index contributed by atoms with van der Waals surface area (Å²) >= 11 is 0. The molecule has 0 saturated carbocycles. The molecule has 0 radical (unpaired) electrons. The lowest BCUT2D eigenvalue weighted by Crippen LogP contribution is -2.51. The monoisotopic (exact) mass is 400 g/mol. The van der Waals surface area contributed by atoms with Gasteiger partial charge < -0.3 is 10.1 Å². The van der Waals surface area contributed by atoms with Gasteiger partial charge in [-0.3, -0.25) is 14.9 Å². The molecule has 2 amide bonds. The number of carbonyl (C=O) groups is 2. The lowest BCUT2D eigenvalue weighted by molar-refractivity contribution is -0.134. The molecule has 1 rings (SSSR count). The maximum Gasteiger partial charge on any atom is 0.389 e. The highest BCUT2D eigenvalue weighted by Gasteiger charge is 2.42. The van der Waals surface area contributed by atoms with Crippen LogP contribution in [-0.2, 0) is 24.2 Å². The van der Waals surface area contributed by atoms with E-state index in [2.05, 4.69) is 0 Å². The molecule has 1 atom stereocenters. The van der Waals surface area contributed by atoms with E-state index in [9.17, 15) is 31.2 Å². The lowest BCUT2D eigenvalue weighted by Gasteiger charge is -2.23. The first kappa shape index (κ1) is 22.6. The standard InChI is InChI=1S/C15H23F3N2O5S/c1-14(2,26(23,24)8-4-6-15(16,17)18)13(22)20-12(21)9-10(19)11-5-3-7-25-11/h11,19H,3-9H2,1-2H3,(H,20,21,22). The van der Waals surface area contributed by atoms with Crippen LogP contribution in [0.3, 0.4) is 0 Å². The molecule has 26 heavy (non-hydrogen) atoms. The van der Waals surface area contributed by atoms with Crippen LogP contribution in [0.2, 0.25) is 0 Å². The summed E-state index contributed by atoms with van der Waals surface area (Å²) in [6, 6.07) is 0. The lowest BCUT2D eigenvalue weighted by atomic mass is 10.1. The van der Waals surface area contributed by atoms with Crippen LogP contribution in [0.15, 0.2) is 0 Å². The highest BCUT2D eigenvalue weighted by Crippen LogP contribution is 2.25. The minimum Gasteiger partial charge on any atom is -0.372 e. The molecule has 1 unspecified atom stereocenters. The van der Waals surface area contributed by atoms with Gasteiger partial charge in [0, 0.05) is 18.7 Å². The normalized spacial score (nSPS) is 18.6. The molecule has 1 aliphatic rings. The second kappa shape index (κ2) is 8.47. The summed E-state index contributed by atoms with van der Waals surface area (Å²) in [6.07, 6.45) is -5.98. The maximum atomic E-state index is 12.2. The number of amides is 2. The van der Waals surface area contributed by atoms with Crippen molar-refractivity contribution in [2.24, 2.45) is 0 Å². The second-order valence-corrected chi connectivity index (χ2v) is 9.29. The second-order valence-electron chi connectivity index (χ2n) is 6.63. The minimum absolute atomic E-state index is 0.0151. The van der Waals surface area contributed by atoms with Crippen molar-refractivity contribution in [1.82, 2.24) is 5.32 Å². The Labute approximate surface area is 150 Å². The minimum atomic E-state index is -4.49. The molecule has 0 aromatic heterocycles. The topological polar surface area (TPSA) is 113 Å². The van der Waals surface area contributed by atoms with Gasteiger partial charge in [0.05, 0.1) is 18.3 Å². The van der Waals surface area contributed by atoms with Gasteiger partial charge >= 0.3 is 6.18 Å². The largest absolute Gasteiger partial charge is 0.389 e. The summed E-state index contributed by atoms with van der Waals surface area (Å²) in [5.41, 5.74) is -0.0151. The summed E-state index contributed by atoms with van der Waals surface area (Å²) in [4.78, 5) is 24.0. The van der Waals surface area contributed by atoms with Crippen molar-refractivity contribution in [2.75, 3.05) is 12.4 Å². The molecule has 0 spiro atoms. The van der Waals surface area contributed by atoms with Gasteiger partial charge in [0.15, 0.2) is 9.84 Å². The van der Waals surface area contributed by atoms with E-state index in [0.717, 1.165) is 20.3 Å². The molecule has 0 aromatic carbocycles. The molecule has 1 aliphatic heterocycles. The fraction of sp³-hybridized carbons (Fsp3) is 0.800. The molecule has 2 N–H and O–H groups in total. The summed E-state index contributed by atoms with van der Waals surface area (Å²) in [5, 5.41) is 9.68. The number of nitrogens with one attached hydrogen (secondary N) is 2. The van der Waals surface area contributed by atoms with Crippen molar-refractivity contribution >= 4 is 27.4 Å². The van der Waals surface area contributed by atoms with Crippen LogP contribution in [0.4, 0.5) is 13.2 Å². The molecule has 1 saturated heterocycles. The Bertz CT molecular complexity index is 653. The summed E-state index contributed by atoms with van der Waals surface area (Å²) in [7, 11) is -4.21. The number of hydrogen-bond acceptors (Lipinski definition) is 6. The van der Waals surface area contributed by atoms with E-state index in [4.69, 9.17) is 10.1 Å². The Morgan fingerprint density at radius 2 is 1.88 bits per heavy atom. The van der Waals surface area contributed by atoms with E-state index >= 15 is 0 Å². The first-order valence-electron chi connectivity index (χ1n) is 8.08. The zero-order valence-electron chi connectivity index (χ0n) is 14.6. The predicted octanol–water partition coefficient (Wildman–Crippen LogP) is 1.75. The van der Waals surface area contributed by atoms with E-state index in [1.54, 1.807) is 0 Å². The van der Waals surface area contributed by atoms with Crippen molar-refractivity contribution in [1.29, 1.82) is 5.41 Å². The number of alkyl halides is 3. The number of hydrogen-bond donors (Lipinski definition) is 2. The molecule has 150 valence electrons. The molecular formula is C15H23F3N2O5S. The summed E-state index contributed by atoms with van der Waals surface area (Å²) in [6.45, 7) is 2.55. The summed E-state index contributed by atoms with van der Waals surface area (Å²) in [5.74, 6) is -2.81. The number of carbonyl (C=O) groups excluding carboxylic acids is 2. The molecule has 1 fully saturated rings. The quantitative estimate of drug-likeness (QED) is 0.603. The third-order valence-electron chi connectivity index (χ3n) is 4.12. The van der Waals surface area contributed by atoms with Crippen molar-refractivity contribution in [3.8, 4) is 0 Å². The van der Waals surface area contributed by atoms with Crippen LogP contribution in [0, 0.1) is 5.41 Å². The number of halogens is 3. The molecule has 0 aromatic rings. The first-order chi connectivity index (χ1) is 11.8. The van der Waals surface area contributed by atoms with Gasteiger partial charge in [0.25, 0.3) is 0 Å². The third kappa shape index (κ3) is 6.35. The van der Waals surface area contributed by atoms with Crippen LogP contribution in [0.5, 0.6) is 0 Å². The fourth-order valence-electron chi connectivity index (χ4n) is 2.32. The Hall–Kier alpha value is -1.49. The van der Waals surface area contributed by atoms with Gasteiger partial charge in [-0.2, -0.15) is 13.2 Å². The van der Waals surface area contributed by atoms with Gasteiger partial charge in [-0.1, -0.05) is 0 Å². The average Bonchev–Trinajstić information content (AvgIpc) is 2.99. The van der Waals surface area contributed by atoms with Gasteiger partial charge in [-0.15, -0.1) is 0 Å². The zero-order chi connectivity index (χ0) is 20.2. The number of rotatable bonds is 8. The van der Waals surface area contributed by atoms with Gasteiger partial charge in [-0.05, 0) is 33.1 Å². The fourth-order valence-corrected chi connectivity index (χ4v) is 3.69. The van der Waals surface area contributed by atoms with E-state index in [1.165, 1.54) is 0 Å². The molecule has 0 bridgehead atoms. The Morgan fingerprint density at radius 3 is 2.38 bits per heavy atom. The van der Waals surface area contributed by atoms with Crippen LogP contribution in [-0.4, -0.2) is 55.3 Å². The van der Waals surface area contributed by atoms with Crippen molar-refractivity contribution in [3.05, 3.63) is 0 Å². The molecule has 1 heterocycles. The Kier molecular flexibility index (Phi) is 7.34. The van der Waals surface area contributed by atoms with E-state index in [0.29, 0.717) is 13.0 Å². The van der Waals surface area contributed by atoms with Crippen LogP contribution in [0.25, 0.3) is 0 Å². The number of sulfone groups is 1. The zero-order valence-corrected chi connectivity index (χ0v) is 15.4. The van der Waals surface area contributed by atoms with Crippen LogP contribution >= 0.6 is 0 Å². The number of ether oxygens (including phenoxy) is 1. The van der Waals surface area contributed by atoms with Crippen LogP contribution < -0.4 is 5.32 Å². The van der Waals surface area contributed by atoms with Crippen molar-refractivity contribution < 1.29 is 35.9 Å². The third-order valence-corrected chi connectivity index (χ3v) is 6.69. The molecule has 0 aliphatic carbocycles. The van der Waals surface area contributed by atoms with Crippen molar-refractivity contribution in [3.63, 3.8) is 0 Å². The van der Waals surface area contributed by atoms with Gasteiger partial charge in [-0.25, -0.2) is 8.42 Å². The predicted molar refractivity (Wildman–Crippen MR) is 87.6 cm³/mol. The summed E-state index contributed by atoms with van der Waals surface area (Å²) < 4.78 is 64.0. The van der Waals surface area contributed by atoms with E-state index in [-0.39, 0.29) is 5.71 Å². The Morgan fingerprint density at radius 1 is 1.27 bits per heavy atom. The molecular weight excluding hydrogens is 377 g/mol. The molecule has 7 nitrogen and oxygen atoms in total. The molecule has 11 heteroatoms. The Balaban J connectivity index is 2.61. The van der Waals surface area contributed by atoms with Gasteiger partial charge in [0.1, 0.15) is 4.75 Å². The smallest absolute Gasteiger partial charge is 0.372 e.